The highest BCUT2D eigenvalue weighted by atomic mass is 16.5. The summed E-state index contributed by atoms with van der Waals surface area (Å²) in [7, 11) is 0. The Morgan fingerprint density at radius 1 is 1.43 bits per heavy atom. The molecular formula is C17H26N4O2. The average molecular weight is 318 g/mol. The lowest BCUT2D eigenvalue weighted by molar-refractivity contribution is -0.122. The van der Waals surface area contributed by atoms with Crippen LogP contribution in [0.5, 0.6) is 5.75 Å². The van der Waals surface area contributed by atoms with Gasteiger partial charge in [0.05, 0.1) is 6.54 Å². The molecule has 0 spiro atoms. The van der Waals surface area contributed by atoms with Crippen LogP contribution in [-0.2, 0) is 4.79 Å². The lowest BCUT2D eigenvalue weighted by Crippen LogP contribution is -2.51. The van der Waals surface area contributed by atoms with Gasteiger partial charge in [0.1, 0.15) is 11.9 Å². The van der Waals surface area contributed by atoms with E-state index in [-0.39, 0.29) is 18.1 Å². The normalized spacial score (nSPS) is 19.7. The highest BCUT2D eigenvalue weighted by molar-refractivity contribution is 5.81. The molecule has 0 aromatic heterocycles. The van der Waals surface area contributed by atoms with Gasteiger partial charge in [-0.2, -0.15) is 0 Å². The Labute approximate surface area is 137 Å². The molecule has 1 aliphatic rings. The van der Waals surface area contributed by atoms with E-state index in [4.69, 9.17) is 4.74 Å². The highest BCUT2D eigenvalue weighted by Crippen LogP contribution is 2.10. The molecule has 1 heterocycles. The molecule has 6 heteroatoms. The Bertz CT molecular complexity index is 509. The van der Waals surface area contributed by atoms with E-state index in [0.29, 0.717) is 19.5 Å². The predicted molar refractivity (Wildman–Crippen MR) is 91.7 cm³/mol. The number of amides is 1. The maximum atomic E-state index is 11.2. The molecule has 0 bridgehead atoms. The van der Waals surface area contributed by atoms with Crippen molar-refractivity contribution >= 4 is 11.9 Å². The number of nitrogens with one attached hydrogen (secondary N) is 3. The van der Waals surface area contributed by atoms with Gasteiger partial charge in [-0.15, -0.1) is 0 Å². The molecule has 23 heavy (non-hydrogen) atoms. The molecule has 1 aromatic rings. The molecule has 0 aliphatic carbocycles. The minimum Gasteiger partial charge on any atom is -0.489 e. The Morgan fingerprint density at radius 3 is 2.87 bits per heavy atom. The number of carbonyl (C=O) groups excluding carboxylic acids is 1. The average Bonchev–Trinajstić information content (AvgIpc) is 2.56. The van der Waals surface area contributed by atoms with Crippen LogP contribution < -0.4 is 20.7 Å². The van der Waals surface area contributed by atoms with Gasteiger partial charge in [0.25, 0.3) is 0 Å². The van der Waals surface area contributed by atoms with Gasteiger partial charge in [-0.1, -0.05) is 18.2 Å². The van der Waals surface area contributed by atoms with Crippen LogP contribution in [0.15, 0.2) is 35.3 Å². The van der Waals surface area contributed by atoms with E-state index in [0.717, 1.165) is 24.7 Å². The van der Waals surface area contributed by atoms with E-state index in [9.17, 15) is 4.79 Å². The Morgan fingerprint density at radius 2 is 2.22 bits per heavy atom. The summed E-state index contributed by atoms with van der Waals surface area (Å²) in [5, 5.41) is 9.46. The van der Waals surface area contributed by atoms with E-state index < -0.39 is 0 Å². The van der Waals surface area contributed by atoms with E-state index in [1.807, 2.05) is 44.2 Å². The number of para-hydroxylation sites is 1. The SMILES string of the molecule is CCNC(=NCC(C)Oc1ccccc1)NC1CCC(=O)NC1. The van der Waals surface area contributed by atoms with Crippen LogP contribution >= 0.6 is 0 Å². The second-order valence-electron chi connectivity index (χ2n) is 5.65. The first kappa shape index (κ1) is 17.1. The number of nitrogens with zero attached hydrogens (tertiary/aromatic N) is 1. The van der Waals surface area contributed by atoms with Crippen LogP contribution in [0.2, 0.25) is 0 Å². The molecule has 1 amide bonds. The summed E-state index contributed by atoms with van der Waals surface area (Å²) in [5.41, 5.74) is 0. The van der Waals surface area contributed by atoms with E-state index in [1.54, 1.807) is 0 Å². The molecule has 0 saturated carbocycles. The van der Waals surface area contributed by atoms with Crippen molar-refractivity contribution in [3.63, 3.8) is 0 Å². The standard InChI is InChI=1S/C17H26N4O2/c1-3-18-17(21-14-9-10-16(22)19-12-14)20-11-13(2)23-15-7-5-4-6-8-15/h4-8,13-14H,3,9-12H2,1-2H3,(H,19,22)(H2,18,20,21). The van der Waals surface area contributed by atoms with Crippen molar-refractivity contribution in [3.8, 4) is 5.75 Å². The Balaban J connectivity index is 1.83. The summed E-state index contributed by atoms with van der Waals surface area (Å²) in [6, 6.07) is 9.97. The smallest absolute Gasteiger partial charge is 0.220 e. The number of hydrogen-bond donors (Lipinski definition) is 3. The molecule has 126 valence electrons. The summed E-state index contributed by atoms with van der Waals surface area (Å²) < 4.78 is 5.83. The quantitative estimate of drug-likeness (QED) is 0.546. The monoisotopic (exact) mass is 318 g/mol. The lowest BCUT2D eigenvalue weighted by Gasteiger charge is -2.25. The molecule has 1 aromatic carbocycles. The maximum absolute atomic E-state index is 11.2. The number of piperidine rings is 1. The topological polar surface area (TPSA) is 74.8 Å². The van der Waals surface area contributed by atoms with E-state index >= 15 is 0 Å². The molecule has 0 radical (unpaired) electrons. The largest absolute Gasteiger partial charge is 0.489 e. The summed E-state index contributed by atoms with van der Waals surface area (Å²) in [6.07, 6.45) is 1.37. The Kier molecular flexibility index (Phi) is 6.72. The van der Waals surface area contributed by atoms with Gasteiger partial charge in [-0.3, -0.25) is 4.79 Å². The summed E-state index contributed by atoms with van der Waals surface area (Å²) >= 11 is 0. The fourth-order valence-electron chi connectivity index (χ4n) is 2.36. The zero-order chi connectivity index (χ0) is 16.5. The van der Waals surface area contributed by atoms with Gasteiger partial charge in [0.2, 0.25) is 5.91 Å². The first-order valence-electron chi connectivity index (χ1n) is 8.20. The first-order chi connectivity index (χ1) is 11.2. The van der Waals surface area contributed by atoms with Crippen LogP contribution in [0.4, 0.5) is 0 Å². The van der Waals surface area contributed by atoms with Gasteiger partial charge in [-0.25, -0.2) is 4.99 Å². The van der Waals surface area contributed by atoms with E-state index in [2.05, 4.69) is 20.9 Å². The number of aliphatic imine (C=N–C) groups is 1. The molecule has 1 saturated heterocycles. The third-order valence-electron chi connectivity index (χ3n) is 3.54. The molecular weight excluding hydrogens is 292 g/mol. The van der Waals surface area contributed by atoms with Crippen molar-refractivity contribution in [3.05, 3.63) is 30.3 Å². The van der Waals surface area contributed by atoms with Crippen LogP contribution in [0.3, 0.4) is 0 Å². The molecule has 2 rings (SSSR count). The van der Waals surface area contributed by atoms with Gasteiger partial charge in [-0.05, 0) is 32.4 Å². The number of hydrogen-bond acceptors (Lipinski definition) is 3. The van der Waals surface area contributed by atoms with Crippen LogP contribution in [0.25, 0.3) is 0 Å². The third kappa shape index (κ3) is 6.18. The zero-order valence-corrected chi connectivity index (χ0v) is 13.8. The first-order valence-corrected chi connectivity index (χ1v) is 8.20. The van der Waals surface area contributed by atoms with Gasteiger partial charge in [0.15, 0.2) is 5.96 Å². The van der Waals surface area contributed by atoms with Crippen LogP contribution in [0, 0.1) is 0 Å². The van der Waals surface area contributed by atoms with Crippen molar-refractivity contribution in [2.24, 2.45) is 4.99 Å². The zero-order valence-electron chi connectivity index (χ0n) is 13.8. The van der Waals surface area contributed by atoms with Crippen LogP contribution in [0.1, 0.15) is 26.7 Å². The fourth-order valence-corrected chi connectivity index (χ4v) is 2.36. The van der Waals surface area contributed by atoms with Crippen molar-refractivity contribution in [2.45, 2.75) is 38.8 Å². The molecule has 2 atom stereocenters. The molecule has 2 unspecified atom stereocenters. The van der Waals surface area contributed by atoms with Gasteiger partial charge >= 0.3 is 0 Å². The number of ether oxygens (including phenoxy) is 1. The summed E-state index contributed by atoms with van der Waals surface area (Å²) in [5.74, 6) is 1.73. The second kappa shape index (κ2) is 9.02. The summed E-state index contributed by atoms with van der Waals surface area (Å²) in [6.45, 7) is 6.02. The van der Waals surface area contributed by atoms with Crippen molar-refractivity contribution in [1.82, 2.24) is 16.0 Å². The highest BCUT2D eigenvalue weighted by Gasteiger charge is 2.18. The molecule has 3 N–H and O–H groups in total. The minimum atomic E-state index is -0.0149. The second-order valence-corrected chi connectivity index (χ2v) is 5.65. The van der Waals surface area contributed by atoms with Gasteiger partial charge in [0, 0.05) is 25.6 Å². The minimum absolute atomic E-state index is 0.0149. The maximum Gasteiger partial charge on any atom is 0.220 e. The number of guanidine groups is 1. The molecule has 6 nitrogen and oxygen atoms in total. The number of carbonyl (C=O) groups is 1. The van der Waals surface area contributed by atoms with E-state index in [1.165, 1.54) is 0 Å². The number of rotatable bonds is 6. The summed E-state index contributed by atoms with van der Waals surface area (Å²) in [4.78, 5) is 15.8. The lowest BCUT2D eigenvalue weighted by atomic mass is 10.1. The fraction of sp³-hybridized carbons (Fsp3) is 0.529. The molecule has 1 fully saturated rings. The molecule has 1 aliphatic heterocycles. The van der Waals surface area contributed by atoms with Gasteiger partial charge < -0.3 is 20.7 Å². The van der Waals surface area contributed by atoms with Crippen molar-refractivity contribution < 1.29 is 9.53 Å². The Hall–Kier alpha value is -2.24. The number of benzene rings is 1. The third-order valence-corrected chi connectivity index (χ3v) is 3.54. The van der Waals surface area contributed by atoms with Crippen molar-refractivity contribution in [1.29, 1.82) is 0 Å². The van der Waals surface area contributed by atoms with Crippen LogP contribution in [-0.4, -0.2) is 43.6 Å². The van der Waals surface area contributed by atoms with Crippen molar-refractivity contribution in [2.75, 3.05) is 19.6 Å². The predicted octanol–water partition coefficient (Wildman–Crippen LogP) is 1.29.